The van der Waals surface area contributed by atoms with Crippen molar-refractivity contribution in [1.82, 2.24) is 5.32 Å². The maximum atomic E-state index is 12.8. The van der Waals surface area contributed by atoms with Crippen LogP contribution in [0.4, 0.5) is 17.6 Å². The molecule has 0 radical (unpaired) electrons. The number of hydrogen-bond acceptors (Lipinski definition) is 2. The first kappa shape index (κ1) is 13.9. The summed E-state index contributed by atoms with van der Waals surface area (Å²) in [6.07, 6.45) is -6.57. The van der Waals surface area contributed by atoms with Gasteiger partial charge < -0.3 is 10.4 Å². The summed E-state index contributed by atoms with van der Waals surface area (Å²) in [6.45, 7) is -0.310. The molecular weight excluding hydrogens is 238 g/mol. The molecule has 0 saturated carbocycles. The van der Waals surface area contributed by atoms with E-state index in [2.05, 4.69) is 5.32 Å². The van der Waals surface area contributed by atoms with Gasteiger partial charge in [-0.15, -0.1) is 0 Å². The van der Waals surface area contributed by atoms with Gasteiger partial charge in [0.25, 0.3) is 0 Å². The van der Waals surface area contributed by atoms with Crippen molar-refractivity contribution in [3.8, 4) is 0 Å². The zero-order valence-electron chi connectivity index (χ0n) is 8.97. The van der Waals surface area contributed by atoms with Gasteiger partial charge in [0.2, 0.25) is 0 Å². The Morgan fingerprint density at radius 1 is 1.29 bits per heavy atom. The Morgan fingerprint density at radius 3 is 2.59 bits per heavy atom. The zero-order valence-corrected chi connectivity index (χ0v) is 8.97. The second kappa shape index (κ2) is 5.97. The number of nitrogens with one attached hydrogen (secondary N) is 1. The topological polar surface area (TPSA) is 32.3 Å². The molecule has 0 fully saturated rings. The summed E-state index contributed by atoms with van der Waals surface area (Å²) in [5.41, 5.74) is 0.694. The highest BCUT2D eigenvalue weighted by molar-refractivity contribution is 5.16. The summed E-state index contributed by atoms with van der Waals surface area (Å²) in [6, 6.07) is 5.84. The minimum atomic E-state index is -4.61. The molecule has 1 aromatic carbocycles. The summed E-state index contributed by atoms with van der Waals surface area (Å²) in [5.74, 6) is -0.377. The van der Waals surface area contributed by atoms with E-state index in [1.807, 2.05) is 0 Å². The second-order valence-electron chi connectivity index (χ2n) is 3.64. The van der Waals surface area contributed by atoms with Crippen LogP contribution in [0.2, 0.25) is 0 Å². The lowest BCUT2D eigenvalue weighted by Gasteiger charge is -2.14. The smallest absolute Gasteiger partial charge is 0.382 e. The number of rotatable bonds is 5. The maximum Gasteiger partial charge on any atom is 0.415 e. The van der Waals surface area contributed by atoms with Crippen molar-refractivity contribution >= 4 is 0 Å². The van der Waals surface area contributed by atoms with E-state index in [9.17, 15) is 17.6 Å². The highest BCUT2D eigenvalue weighted by atomic mass is 19.4. The van der Waals surface area contributed by atoms with Crippen LogP contribution in [0.3, 0.4) is 0 Å². The SMILES string of the molecule is OC(CNCCc1cccc(F)c1)C(F)(F)F. The number of halogens is 4. The monoisotopic (exact) mass is 251 g/mol. The van der Waals surface area contributed by atoms with Crippen molar-refractivity contribution in [1.29, 1.82) is 0 Å². The molecule has 0 bridgehead atoms. The van der Waals surface area contributed by atoms with Gasteiger partial charge in [-0.25, -0.2) is 4.39 Å². The van der Waals surface area contributed by atoms with Crippen LogP contribution in [-0.4, -0.2) is 30.5 Å². The van der Waals surface area contributed by atoms with Crippen LogP contribution in [0.15, 0.2) is 24.3 Å². The minimum Gasteiger partial charge on any atom is -0.382 e. The molecule has 0 aromatic heterocycles. The molecule has 0 aliphatic carbocycles. The molecule has 0 spiro atoms. The van der Waals surface area contributed by atoms with Crippen LogP contribution in [0.1, 0.15) is 5.56 Å². The summed E-state index contributed by atoms with van der Waals surface area (Å²) in [7, 11) is 0. The lowest BCUT2D eigenvalue weighted by Crippen LogP contribution is -2.39. The lowest BCUT2D eigenvalue weighted by molar-refractivity contribution is -0.201. The molecule has 0 aliphatic rings. The Labute approximate surface area is 96.3 Å². The first-order chi connectivity index (χ1) is 7.89. The minimum absolute atomic E-state index is 0.247. The van der Waals surface area contributed by atoms with E-state index in [0.717, 1.165) is 0 Å². The van der Waals surface area contributed by atoms with Crippen LogP contribution in [0.25, 0.3) is 0 Å². The van der Waals surface area contributed by atoms with E-state index in [0.29, 0.717) is 12.0 Å². The molecule has 1 atom stereocenters. The van der Waals surface area contributed by atoms with E-state index in [-0.39, 0.29) is 12.4 Å². The Kier molecular flexibility index (Phi) is 4.89. The van der Waals surface area contributed by atoms with Gasteiger partial charge in [-0.05, 0) is 30.7 Å². The van der Waals surface area contributed by atoms with Gasteiger partial charge in [0, 0.05) is 6.54 Å². The number of benzene rings is 1. The van der Waals surface area contributed by atoms with Crippen molar-refractivity contribution in [2.45, 2.75) is 18.7 Å². The molecule has 6 heteroatoms. The summed E-state index contributed by atoms with van der Waals surface area (Å²) in [4.78, 5) is 0. The predicted octanol–water partition coefficient (Wildman–Crippen LogP) is 1.88. The third-order valence-corrected chi connectivity index (χ3v) is 2.20. The van der Waals surface area contributed by atoms with Gasteiger partial charge in [0.1, 0.15) is 5.82 Å². The van der Waals surface area contributed by atoms with Crippen molar-refractivity contribution in [3.63, 3.8) is 0 Å². The van der Waals surface area contributed by atoms with Crippen molar-refractivity contribution in [3.05, 3.63) is 35.6 Å². The number of aliphatic hydroxyl groups excluding tert-OH is 1. The first-order valence-electron chi connectivity index (χ1n) is 5.09. The van der Waals surface area contributed by atoms with E-state index >= 15 is 0 Å². The molecule has 0 aliphatic heterocycles. The first-order valence-corrected chi connectivity index (χ1v) is 5.09. The quantitative estimate of drug-likeness (QED) is 0.618. The second-order valence-corrected chi connectivity index (χ2v) is 3.64. The zero-order chi connectivity index (χ0) is 12.9. The number of aliphatic hydroxyl groups is 1. The molecule has 2 nitrogen and oxygen atoms in total. The fourth-order valence-corrected chi connectivity index (χ4v) is 1.28. The standard InChI is InChI=1S/C11H13F4NO/c12-9-3-1-2-8(6-9)4-5-16-7-10(17)11(13,14)15/h1-3,6,10,16-17H,4-5,7H2. The fraction of sp³-hybridized carbons (Fsp3) is 0.455. The van der Waals surface area contributed by atoms with E-state index < -0.39 is 18.8 Å². The summed E-state index contributed by atoms with van der Waals surface area (Å²) in [5, 5.41) is 11.1. The Bertz CT molecular complexity index is 354. The molecule has 1 aromatic rings. The summed E-state index contributed by atoms with van der Waals surface area (Å²) >= 11 is 0. The summed E-state index contributed by atoms with van der Waals surface area (Å²) < 4.78 is 48.5. The Morgan fingerprint density at radius 2 is 2.00 bits per heavy atom. The molecule has 2 N–H and O–H groups in total. The van der Waals surface area contributed by atoms with Gasteiger partial charge in [-0.1, -0.05) is 12.1 Å². The van der Waals surface area contributed by atoms with Crippen molar-refractivity contribution < 1.29 is 22.7 Å². The van der Waals surface area contributed by atoms with Crippen LogP contribution in [-0.2, 0) is 6.42 Å². The van der Waals surface area contributed by atoms with Gasteiger partial charge in [-0.3, -0.25) is 0 Å². The normalized spacial score (nSPS) is 13.7. The van der Waals surface area contributed by atoms with Crippen LogP contribution in [0, 0.1) is 5.82 Å². The molecule has 17 heavy (non-hydrogen) atoms. The number of hydrogen-bond donors (Lipinski definition) is 2. The van der Waals surface area contributed by atoms with Gasteiger partial charge in [-0.2, -0.15) is 13.2 Å². The van der Waals surface area contributed by atoms with Crippen LogP contribution < -0.4 is 5.32 Å². The van der Waals surface area contributed by atoms with Crippen molar-refractivity contribution in [2.24, 2.45) is 0 Å². The molecule has 96 valence electrons. The third-order valence-electron chi connectivity index (χ3n) is 2.20. The largest absolute Gasteiger partial charge is 0.415 e. The third kappa shape index (κ3) is 5.14. The molecular formula is C11H13F4NO. The molecule has 0 amide bonds. The van der Waals surface area contributed by atoms with Crippen molar-refractivity contribution in [2.75, 3.05) is 13.1 Å². The van der Waals surface area contributed by atoms with Crippen LogP contribution in [0.5, 0.6) is 0 Å². The average Bonchev–Trinajstić information content (AvgIpc) is 2.23. The predicted molar refractivity (Wildman–Crippen MR) is 55.0 cm³/mol. The van der Waals surface area contributed by atoms with Gasteiger partial charge in [0.15, 0.2) is 6.10 Å². The highest BCUT2D eigenvalue weighted by Crippen LogP contribution is 2.19. The lowest BCUT2D eigenvalue weighted by atomic mass is 10.1. The Balaban J connectivity index is 2.25. The molecule has 1 unspecified atom stereocenters. The maximum absolute atomic E-state index is 12.8. The fourth-order valence-electron chi connectivity index (χ4n) is 1.28. The number of alkyl halides is 3. The molecule has 0 heterocycles. The molecule has 1 rings (SSSR count). The van der Waals surface area contributed by atoms with E-state index in [1.165, 1.54) is 18.2 Å². The van der Waals surface area contributed by atoms with Crippen LogP contribution >= 0.6 is 0 Å². The average molecular weight is 251 g/mol. The van der Waals surface area contributed by atoms with Gasteiger partial charge in [0.05, 0.1) is 0 Å². The van der Waals surface area contributed by atoms with E-state index in [4.69, 9.17) is 5.11 Å². The van der Waals surface area contributed by atoms with E-state index in [1.54, 1.807) is 6.07 Å². The van der Waals surface area contributed by atoms with Gasteiger partial charge >= 0.3 is 6.18 Å². The molecule has 0 saturated heterocycles. The Hall–Kier alpha value is -1.14. The highest BCUT2D eigenvalue weighted by Gasteiger charge is 2.37.